The molecule has 0 heterocycles. The molecule has 0 aromatic heterocycles. The summed E-state index contributed by atoms with van der Waals surface area (Å²) in [5.74, 6) is 0.186. The Hall–Kier alpha value is -2.40. The van der Waals surface area contributed by atoms with E-state index in [2.05, 4.69) is 28.0 Å². The molecule has 2 aromatic carbocycles. The van der Waals surface area contributed by atoms with Gasteiger partial charge in [-0.3, -0.25) is 5.43 Å². The number of phenolic OH excluding ortho intramolecular Hbond substituents is 1. The van der Waals surface area contributed by atoms with E-state index in [-0.39, 0.29) is 5.75 Å². The lowest BCUT2D eigenvalue weighted by Crippen LogP contribution is -2.33. The Morgan fingerprint density at radius 3 is 2.57 bits per heavy atom. The van der Waals surface area contributed by atoms with Gasteiger partial charge in [0.15, 0.2) is 5.11 Å². The van der Waals surface area contributed by atoms with E-state index in [9.17, 15) is 5.11 Å². The summed E-state index contributed by atoms with van der Waals surface area (Å²) in [6, 6.07) is 17.2. The van der Waals surface area contributed by atoms with E-state index in [0.717, 1.165) is 13.0 Å². The maximum absolute atomic E-state index is 9.58. The maximum atomic E-state index is 9.58. The maximum Gasteiger partial charge on any atom is 0.186 e. The Labute approximate surface area is 129 Å². The van der Waals surface area contributed by atoms with Crippen molar-refractivity contribution in [3.8, 4) is 5.75 Å². The molecule has 0 aliphatic carbocycles. The molecule has 0 bridgehead atoms. The highest BCUT2D eigenvalue weighted by atomic mass is 32.1. The fourth-order valence-electron chi connectivity index (χ4n) is 1.76. The van der Waals surface area contributed by atoms with E-state index >= 15 is 0 Å². The number of nitrogens with one attached hydrogen (secondary N) is 2. The summed E-state index contributed by atoms with van der Waals surface area (Å²) in [4.78, 5) is 0. The molecule has 0 radical (unpaired) electrons. The number of hydrazone groups is 1. The molecule has 2 aromatic rings. The molecule has 5 heteroatoms. The number of nitrogens with zero attached hydrogens (tertiary/aromatic N) is 1. The number of aromatic hydroxyl groups is 1. The largest absolute Gasteiger partial charge is 0.507 e. The van der Waals surface area contributed by atoms with Crippen molar-refractivity contribution in [3.05, 3.63) is 65.7 Å². The Balaban J connectivity index is 1.71. The van der Waals surface area contributed by atoms with Crippen molar-refractivity contribution in [3.63, 3.8) is 0 Å². The van der Waals surface area contributed by atoms with Crippen molar-refractivity contribution < 1.29 is 5.11 Å². The second-order valence-electron chi connectivity index (χ2n) is 4.42. The molecular weight excluding hydrogens is 282 g/mol. The molecule has 0 amide bonds. The Morgan fingerprint density at radius 1 is 1.10 bits per heavy atom. The minimum Gasteiger partial charge on any atom is -0.507 e. The minimum atomic E-state index is 0.186. The molecule has 0 aliphatic heterocycles. The number of hydrogen-bond donors (Lipinski definition) is 3. The summed E-state index contributed by atoms with van der Waals surface area (Å²) < 4.78 is 0. The van der Waals surface area contributed by atoms with E-state index in [4.69, 9.17) is 12.2 Å². The van der Waals surface area contributed by atoms with Crippen LogP contribution in [0.5, 0.6) is 5.75 Å². The van der Waals surface area contributed by atoms with Crippen molar-refractivity contribution in [1.29, 1.82) is 0 Å². The number of para-hydroxylation sites is 1. The SMILES string of the molecule is Oc1ccccc1/C=N\NC(=S)NCCc1ccccc1. The highest BCUT2D eigenvalue weighted by molar-refractivity contribution is 7.80. The Kier molecular flexibility index (Phi) is 5.72. The smallest absolute Gasteiger partial charge is 0.186 e. The van der Waals surface area contributed by atoms with Crippen LogP contribution in [0.3, 0.4) is 0 Å². The van der Waals surface area contributed by atoms with Gasteiger partial charge in [-0.05, 0) is 36.3 Å². The van der Waals surface area contributed by atoms with E-state index in [1.807, 2.05) is 24.3 Å². The van der Waals surface area contributed by atoms with Crippen molar-refractivity contribution in [2.24, 2.45) is 5.10 Å². The van der Waals surface area contributed by atoms with Gasteiger partial charge >= 0.3 is 0 Å². The average molecular weight is 299 g/mol. The highest BCUT2D eigenvalue weighted by Gasteiger charge is 1.96. The number of rotatable bonds is 5. The van der Waals surface area contributed by atoms with Gasteiger partial charge in [-0.2, -0.15) is 5.10 Å². The molecule has 21 heavy (non-hydrogen) atoms. The summed E-state index contributed by atoms with van der Waals surface area (Å²) in [6.07, 6.45) is 2.42. The molecule has 0 fully saturated rings. The standard InChI is InChI=1S/C16H17N3OS/c20-15-9-5-4-8-14(15)12-18-19-16(21)17-11-10-13-6-2-1-3-7-13/h1-9,12,20H,10-11H2,(H2,17,19,21)/b18-12-. The fraction of sp³-hybridized carbons (Fsp3) is 0.125. The number of benzene rings is 2. The minimum absolute atomic E-state index is 0.186. The molecule has 0 saturated heterocycles. The van der Waals surface area contributed by atoms with E-state index in [0.29, 0.717) is 10.7 Å². The Bertz CT molecular complexity index is 614. The topological polar surface area (TPSA) is 56.7 Å². The third-order valence-corrected chi connectivity index (χ3v) is 3.08. The predicted octanol–water partition coefficient (Wildman–Crippen LogP) is 2.43. The van der Waals surface area contributed by atoms with Gasteiger partial charge in [0.1, 0.15) is 5.75 Å². The molecule has 3 N–H and O–H groups in total. The van der Waals surface area contributed by atoms with Gasteiger partial charge in [0.05, 0.1) is 6.21 Å². The molecule has 0 unspecified atom stereocenters. The van der Waals surface area contributed by atoms with Crippen molar-refractivity contribution in [2.75, 3.05) is 6.54 Å². The van der Waals surface area contributed by atoms with Gasteiger partial charge < -0.3 is 10.4 Å². The van der Waals surface area contributed by atoms with Crippen LogP contribution in [0.25, 0.3) is 0 Å². The van der Waals surface area contributed by atoms with Gasteiger partial charge in [0, 0.05) is 12.1 Å². The highest BCUT2D eigenvalue weighted by Crippen LogP contribution is 2.12. The van der Waals surface area contributed by atoms with Crippen LogP contribution in [0.4, 0.5) is 0 Å². The van der Waals surface area contributed by atoms with Crippen LogP contribution in [0.1, 0.15) is 11.1 Å². The predicted molar refractivity (Wildman–Crippen MR) is 89.6 cm³/mol. The molecule has 0 saturated carbocycles. The second-order valence-corrected chi connectivity index (χ2v) is 4.83. The van der Waals surface area contributed by atoms with E-state index in [1.165, 1.54) is 11.8 Å². The lowest BCUT2D eigenvalue weighted by molar-refractivity contribution is 0.474. The summed E-state index contributed by atoms with van der Waals surface area (Å²) >= 11 is 5.12. The van der Waals surface area contributed by atoms with Gasteiger partial charge in [-0.25, -0.2) is 0 Å². The van der Waals surface area contributed by atoms with Crippen LogP contribution in [0, 0.1) is 0 Å². The first-order valence-corrected chi connectivity index (χ1v) is 7.05. The summed E-state index contributed by atoms with van der Waals surface area (Å²) in [5, 5.41) is 17.1. The quantitative estimate of drug-likeness (QED) is 0.451. The zero-order chi connectivity index (χ0) is 14.9. The fourth-order valence-corrected chi connectivity index (χ4v) is 1.92. The zero-order valence-corrected chi connectivity index (χ0v) is 12.3. The lowest BCUT2D eigenvalue weighted by Gasteiger charge is -2.06. The van der Waals surface area contributed by atoms with Gasteiger partial charge in [0.25, 0.3) is 0 Å². The first-order valence-electron chi connectivity index (χ1n) is 6.64. The molecule has 4 nitrogen and oxygen atoms in total. The molecule has 2 rings (SSSR count). The normalized spacial score (nSPS) is 10.5. The number of phenols is 1. The molecule has 0 aliphatic rings. The second kappa shape index (κ2) is 8.01. The van der Waals surface area contributed by atoms with Crippen molar-refractivity contribution in [2.45, 2.75) is 6.42 Å². The zero-order valence-electron chi connectivity index (χ0n) is 11.5. The van der Waals surface area contributed by atoms with E-state index in [1.54, 1.807) is 18.2 Å². The Morgan fingerprint density at radius 2 is 1.81 bits per heavy atom. The van der Waals surface area contributed by atoms with Crippen LogP contribution in [0.15, 0.2) is 59.7 Å². The van der Waals surface area contributed by atoms with Crippen molar-refractivity contribution in [1.82, 2.24) is 10.7 Å². The average Bonchev–Trinajstić information content (AvgIpc) is 2.50. The first kappa shape index (κ1) is 15.0. The number of thiocarbonyl (C=S) groups is 1. The third kappa shape index (κ3) is 5.24. The molecule has 0 atom stereocenters. The van der Waals surface area contributed by atoms with Gasteiger partial charge in [-0.1, -0.05) is 42.5 Å². The lowest BCUT2D eigenvalue weighted by atomic mass is 10.1. The van der Waals surface area contributed by atoms with Gasteiger partial charge in [0.2, 0.25) is 0 Å². The van der Waals surface area contributed by atoms with Gasteiger partial charge in [-0.15, -0.1) is 0 Å². The van der Waals surface area contributed by atoms with Crippen LogP contribution in [-0.4, -0.2) is 23.0 Å². The van der Waals surface area contributed by atoms with E-state index < -0.39 is 0 Å². The first-order chi connectivity index (χ1) is 10.3. The summed E-state index contributed by atoms with van der Waals surface area (Å²) in [7, 11) is 0. The van der Waals surface area contributed by atoms with Crippen LogP contribution < -0.4 is 10.7 Å². The monoisotopic (exact) mass is 299 g/mol. The van der Waals surface area contributed by atoms with Crippen molar-refractivity contribution >= 4 is 23.5 Å². The van der Waals surface area contributed by atoms with Crippen LogP contribution in [-0.2, 0) is 6.42 Å². The summed E-state index contributed by atoms with van der Waals surface area (Å²) in [5.41, 5.74) is 4.61. The van der Waals surface area contributed by atoms with Crippen LogP contribution >= 0.6 is 12.2 Å². The molecule has 0 spiro atoms. The third-order valence-electron chi connectivity index (χ3n) is 2.85. The molecular formula is C16H17N3OS. The van der Waals surface area contributed by atoms with Crippen LogP contribution in [0.2, 0.25) is 0 Å². The summed E-state index contributed by atoms with van der Waals surface area (Å²) in [6.45, 7) is 0.738. The number of hydrogen-bond acceptors (Lipinski definition) is 3. The molecule has 108 valence electrons.